The molecule has 0 amide bonds. The predicted molar refractivity (Wildman–Crippen MR) is 86.1 cm³/mol. The van der Waals surface area contributed by atoms with Crippen LogP contribution in [0.4, 0.5) is 5.69 Å². The summed E-state index contributed by atoms with van der Waals surface area (Å²) in [5.41, 5.74) is 3.08. The quantitative estimate of drug-likeness (QED) is 0.807. The number of hydrogen-bond acceptors (Lipinski definition) is 2. The average Bonchev–Trinajstić information content (AvgIpc) is 2.40. The second kappa shape index (κ2) is 6.87. The van der Waals surface area contributed by atoms with Gasteiger partial charge in [0.1, 0.15) is 5.75 Å². The fraction of sp³-hybridized carbons (Fsp3) is 0.250. The van der Waals surface area contributed by atoms with E-state index < -0.39 is 0 Å². The molecule has 0 aliphatic heterocycles. The lowest BCUT2D eigenvalue weighted by Crippen LogP contribution is -2.03. The van der Waals surface area contributed by atoms with Gasteiger partial charge in [0.2, 0.25) is 0 Å². The van der Waals surface area contributed by atoms with Crippen LogP contribution in [0.2, 0.25) is 10.0 Å². The summed E-state index contributed by atoms with van der Waals surface area (Å²) in [5.74, 6) is 0.881. The van der Waals surface area contributed by atoms with E-state index in [1.807, 2.05) is 50.2 Å². The molecule has 0 aliphatic carbocycles. The molecule has 106 valence electrons. The highest BCUT2D eigenvalue weighted by Gasteiger charge is 2.06. The van der Waals surface area contributed by atoms with Crippen LogP contribution in [0.15, 0.2) is 36.4 Å². The number of hydrogen-bond donors (Lipinski definition) is 1. The van der Waals surface area contributed by atoms with Gasteiger partial charge in [-0.1, -0.05) is 29.3 Å². The van der Waals surface area contributed by atoms with Gasteiger partial charge in [-0.3, -0.25) is 0 Å². The molecule has 0 aliphatic rings. The van der Waals surface area contributed by atoms with Crippen molar-refractivity contribution >= 4 is 28.9 Å². The van der Waals surface area contributed by atoms with Crippen LogP contribution in [0.25, 0.3) is 0 Å². The van der Waals surface area contributed by atoms with Gasteiger partial charge >= 0.3 is 0 Å². The lowest BCUT2D eigenvalue weighted by Gasteiger charge is -2.13. The molecular formula is C16H17Cl2NO. The first-order valence-corrected chi connectivity index (χ1v) is 7.27. The second-order valence-electron chi connectivity index (χ2n) is 4.46. The van der Waals surface area contributed by atoms with Crippen LogP contribution in [0.1, 0.15) is 18.1 Å². The summed E-state index contributed by atoms with van der Waals surface area (Å²) in [6.45, 7) is 5.27. The zero-order chi connectivity index (χ0) is 14.5. The third kappa shape index (κ3) is 3.59. The minimum atomic E-state index is 0.591. The summed E-state index contributed by atoms with van der Waals surface area (Å²) in [4.78, 5) is 0. The summed E-state index contributed by atoms with van der Waals surface area (Å²) in [6.07, 6.45) is 0. The number of anilines is 1. The van der Waals surface area contributed by atoms with Crippen molar-refractivity contribution in [2.24, 2.45) is 0 Å². The van der Waals surface area contributed by atoms with Crippen LogP contribution >= 0.6 is 23.2 Å². The van der Waals surface area contributed by atoms with Crippen LogP contribution in [0.3, 0.4) is 0 Å². The van der Waals surface area contributed by atoms with E-state index in [4.69, 9.17) is 27.9 Å². The van der Waals surface area contributed by atoms with Gasteiger partial charge in [0, 0.05) is 27.8 Å². The molecule has 0 spiro atoms. The van der Waals surface area contributed by atoms with Crippen molar-refractivity contribution in [1.29, 1.82) is 0 Å². The van der Waals surface area contributed by atoms with Gasteiger partial charge in [-0.05, 0) is 49.7 Å². The van der Waals surface area contributed by atoms with Gasteiger partial charge in [-0.15, -0.1) is 0 Å². The van der Waals surface area contributed by atoms with Crippen molar-refractivity contribution in [2.75, 3.05) is 11.9 Å². The van der Waals surface area contributed by atoms with Crippen LogP contribution < -0.4 is 10.1 Å². The molecule has 0 heterocycles. The summed E-state index contributed by atoms with van der Waals surface area (Å²) < 4.78 is 5.47. The highest BCUT2D eigenvalue weighted by atomic mass is 35.5. The number of benzene rings is 2. The molecule has 2 aromatic carbocycles. The van der Waals surface area contributed by atoms with E-state index in [1.165, 1.54) is 0 Å². The van der Waals surface area contributed by atoms with E-state index in [1.54, 1.807) is 0 Å². The molecule has 0 atom stereocenters. The average molecular weight is 310 g/mol. The fourth-order valence-electron chi connectivity index (χ4n) is 1.98. The van der Waals surface area contributed by atoms with Gasteiger partial charge < -0.3 is 10.1 Å². The fourth-order valence-corrected chi connectivity index (χ4v) is 2.51. The standard InChI is InChI=1S/C16H17Cl2NO/c1-3-20-12-7-8-16(11(2)9-12)19-10-13-14(17)5-4-6-15(13)18/h4-9,19H,3,10H2,1-2H3. The van der Waals surface area contributed by atoms with Crippen LogP contribution in [-0.4, -0.2) is 6.61 Å². The summed E-state index contributed by atoms with van der Waals surface area (Å²) in [7, 11) is 0. The Balaban J connectivity index is 2.11. The van der Waals surface area contributed by atoms with E-state index in [-0.39, 0.29) is 0 Å². The number of aryl methyl sites for hydroxylation is 1. The SMILES string of the molecule is CCOc1ccc(NCc2c(Cl)cccc2Cl)c(C)c1. The maximum Gasteiger partial charge on any atom is 0.119 e. The van der Waals surface area contributed by atoms with Crippen molar-refractivity contribution in [1.82, 2.24) is 0 Å². The largest absolute Gasteiger partial charge is 0.494 e. The van der Waals surface area contributed by atoms with E-state index in [0.29, 0.717) is 23.2 Å². The number of rotatable bonds is 5. The molecule has 1 N–H and O–H groups in total. The second-order valence-corrected chi connectivity index (χ2v) is 5.28. The van der Waals surface area contributed by atoms with Crippen molar-refractivity contribution in [3.8, 4) is 5.75 Å². The number of halogens is 2. The van der Waals surface area contributed by atoms with E-state index >= 15 is 0 Å². The molecule has 0 fully saturated rings. The molecule has 2 aromatic rings. The molecule has 0 radical (unpaired) electrons. The first kappa shape index (κ1) is 15.0. The number of ether oxygens (including phenoxy) is 1. The first-order chi connectivity index (χ1) is 9.61. The minimum absolute atomic E-state index is 0.591. The van der Waals surface area contributed by atoms with Crippen molar-refractivity contribution in [3.05, 3.63) is 57.6 Å². The Bertz CT molecular complexity index is 579. The Kier molecular flexibility index (Phi) is 5.16. The molecule has 4 heteroatoms. The van der Waals surface area contributed by atoms with Gasteiger partial charge in [0.15, 0.2) is 0 Å². The van der Waals surface area contributed by atoms with Crippen molar-refractivity contribution < 1.29 is 4.74 Å². The van der Waals surface area contributed by atoms with Crippen molar-refractivity contribution in [2.45, 2.75) is 20.4 Å². The predicted octanol–water partition coefficient (Wildman–Crippen LogP) is 5.31. The normalized spacial score (nSPS) is 10.4. The molecule has 0 unspecified atom stereocenters. The lowest BCUT2D eigenvalue weighted by molar-refractivity contribution is 0.340. The van der Waals surface area contributed by atoms with Gasteiger partial charge in [-0.2, -0.15) is 0 Å². The highest BCUT2D eigenvalue weighted by molar-refractivity contribution is 6.36. The monoisotopic (exact) mass is 309 g/mol. The lowest BCUT2D eigenvalue weighted by atomic mass is 10.1. The van der Waals surface area contributed by atoms with Crippen LogP contribution in [0, 0.1) is 6.92 Å². The van der Waals surface area contributed by atoms with Gasteiger partial charge in [0.05, 0.1) is 6.61 Å². The molecule has 2 nitrogen and oxygen atoms in total. The zero-order valence-electron chi connectivity index (χ0n) is 11.5. The molecule has 0 saturated heterocycles. The topological polar surface area (TPSA) is 21.3 Å². The Morgan fingerprint density at radius 3 is 2.40 bits per heavy atom. The van der Waals surface area contributed by atoms with Crippen LogP contribution in [0.5, 0.6) is 5.75 Å². The zero-order valence-corrected chi connectivity index (χ0v) is 13.1. The molecule has 20 heavy (non-hydrogen) atoms. The Hall–Kier alpha value is -1.38. The number of nitrogens with one attached hydrogen (secondary N) is 1. The highest BCUT2D eigenvalue weighted by Crippen LogP contribution is 2.27. The molecule has 0 bridgehead atoms. The summed E-state index contributed by atoms with van der Waals surface area (Å²) in [6, 6.07) is 11.5. The summed E-state index contributed by atoms with van der Waals surface area (Å²) >= 11 is 12.3. The van der Waals surface area contributed by atoms with Crippen molar-refractivity contribution in [3.63, 3.8) is 0 Å². The van der Waals surface area contributed by atoms with E-state index in [0.717, 1.165) is 22.6 Å². The third-order valence-electron chi connectivity index (χ3n) is 3.03. The van der Waals surface area contributed by atoms with E-state index in [2.05, 4.69) is 5.32 Å². The molecular weight excluding hydrogens is 293 g/mol. The first-order valence-electron chi connectivity index (χ1n) is 6.52. The Morgan fingerprint density at radius 2 is 1.80 bits per heavy atom. The smallest absolute Gasteiger partial charge is 0.119 e. The van der Waals surface area contributed by atoms with E-state index in [9.17, 15) is 0 Å². The molecule has 0 saturated carbocycles. The van der Waals surface area contributed by atoms with Crippen LogP contribution in [-0.2, 0) is 6.54 Å². The van der Waals surface area contributed by atoms with Gasteiger partial charge in [-0.25, -0.2) is 0 Å². The third-order valence-corrected chi connectivity index (χ3v) is 3.73. The maximum atomic E-state index is 6.16. The minimum Gasteiger partial charge on any atom is -0.494 e. The maximum absolute atomic E-state index is 6.16. The molecule has 0 aromatic heterocycles. The Morgan fingerprint density at radius 1 is 1.10 bits per heavy atom. The molecule has 2 rings (SSSR count). The Labute approximate surface area is 129 Å². The van der Waals surface area contributed by atoms with Gasteiger partial charge in [0.25, 0.3) is 0 Å². The summed E-state index contributed by atoms with van der Waals surface area (Å²) in [5, 5.41) is 4.71.